The van der Waals surface area contributed by atoms with Crippen LogP contribution in [-0.4, -0.2) is 163 Å². The van der Waals surface area contributed by atoms with Gasteiger partial charge in [0.2, 0.25) is 12.0 Å². The number of hydrogen-bond acceptors (Lipinski definition) is 20. The van der Waals surface area contributed by atoms with Crippen molar-refractivity contribution >= 4 is 41.7 Å². The summed E-state index contributed by atoms with van der Waals surface area (Å²) in [7, 11) is 0. The smallest absolute Gasteiger partial charge is 0.408 e. The van der Waals surface area contributed by atoms with E-state index in [0.29, 0.717) is 19.4 Å². The number of aryl methyl sites for hydroxylation is 2. The molecule has 4 aliphatic rings. The maximum Gasteiger partial charge on any atom is 0.408 e. The van der Waals surface area contributed by atoms with Crippen LogP contribution in [0.15, 0.2) is 78.0 Å². The van der Waals surface area contributed by atoms with Crippen molar-refractivity contribution in [1.29, 1.82) is 0 Å². The van der Waals surface area contributed by atoms with Crippen molar-refractivity contribution in [3.05, 3.63) is 94.8 Å². The molecule has 3 fully saturated rings. The van der Waals surface area contributed by atoms with Crippen LogP contribution in [0.4, 0.5) is 4.79 Å². The molecule has 1 aliphatic heterocycles. The average molecular weight is 1130 g/mol. The van der Waals surface area contributed by atoms with Gasteiger partial charge in [-0.2, -0.15) is 0 Å². The molecule has 7 rings (SSSR count). The summed E-state index contributed by atoms with van der Waals surface area (Å²) in [5.74, 6) is -7.42. The summed E-state index contributed by atoms with van der Waals surface area (Å²) in [5.41, 5.74) is -8.24. The summed E-state index contributed by atoms with van der Waals surface area (Å²) in [4.78, 5) is 98.3. The lowest BCUT2D eigenvalue weighted by Gasteiger charge is -2.67. The van der Waals surface area contributed by atoms with Gasteiger partial charge in [0.15, 0.2) is 11.4 Å². The van der Waals surface area contributed by atoms with E-state index in [-0.39, 0.29) is 48.5 Å². The van der Waals surface area contributed by atoms with Crippen molar-refractivity contribution in [3.63, 3.8) is 0 Å². The third-order valence-electron chi connectivity index (χ3n) is 16.1. The van der Waals surface area contributed by atoms with Crippen LogP contribution in [0.2, 0.25) is 0 Å². The summed E-state index contributed by atoms with van der Waals surface area (Å²) in [6, 6.07) is 14.2. The molecule has 1 aromatic heterocycles. The molecule has 2 aromatic carbocycles. The Morgan fingerprint density at radius 2 is 1.59 bits per heavy atom. The van der Waals surface area contributed by atoms with Crippen LogP contribution in [0.5, 0.6) is 0 Å². The minimum absolute atomic E-state index is 0.0318. The first-order valence-electron chi connectivity index (χ1n) is 27.5. The highest BCUT2D eigenvalue weighted by Gasteiger charge is 2.78. The van der Waals surface area contributed by atoms with E-state index >= 15 is 9.59 Å². The average Bonchev–Trinajstić information content (AvgIpc) is 4.02. The first-order valence-corrected chi connectivity index (χ1v) is 27.5. The number of carbonyl (C=O) groups is 7. The van der Waals surface area contributed by atoms with E-state index in [1.54, 1.807) is 74.0 Å². The van der Waals surface area contributed by atoms with Gasteiger partial charge in [-0.3, -0.25) is 19.1 Å². The molecule has 11 atom stereocenters. The Labute approximate surface area is 470 Å². The Bertz CT molecular complexity index is 2780. The molecular formula is C58H77N5O18. The Morgan fingerprint density at radius 3 is 2.23 bits per heavy atom. The maximum absolute atomic E-state index is 15.3. The molecule has 81 heavy (non-hydrogen) atoms. The lowest BCUT2D eigenvalue weighted by molar-refractivity contribution is -0.346. The minimum Gasteiger partial charge on any atom is -0.455 e. The van der Waals surface area contributed by atoms with Crippen molar-refractivity contribution in [2.75, 3.05) is 33.0 Å². The number of Topliss-reactive ketones (excluding diaryl/α,β-unsaturated/α-hetero) is 1. The Kier molecular flexibility index (Phi) is 19.6. The second kappa shape index (κ2) is 25.7. The van der Waals surface area contributed by atoms with Gasteiger partial charge >= 0.3 is 30.0 Å². The standard InChI is InChI=1S/C58H77N5O18/c1-34-39(29-58(74)50(79-51(71)37-22-15-12-16-23-37)48-56(8,49(70)46(69)44(34)55(58,6)7)40(66)28-41-57(48,33-76-41)80-35(2)65)77-52(72)47(45(36-20-13-11-14-21-36)60-53(73)81-54(3,4)5)78-43(68)32-75-31-42(67)59-25-19-24-38-30-63(62-61-38)26-17-9-10-18-27-64/h11-16,20-23,30,39-41,45-48,50,64,66,69,74H,9-10,17-19,24-29,31-33H2,1-8H3,(H,59,67)(H,60,73)/t39-,40-,41+,45-,46+,47+,48-,50-,56+,57-,58+/m0/s1. The zero-order valence-electron chi connectivity index (χ0n) is 47.2. The zero-order chi connectivity index (χ0) is 59.1. The molecule has 1 saturated heterocycles. The second-order valence-corrected chi connectivity index (χ2v) is 23.1. The molecule has 3 aromatic rings. The monoisotopic (exact) mass is 1130 g/mol. The van der Waals surface area contributed by atoms with Crippen molar-refractivity contribution in [3.8, 4) is 0 Å². The summed E-state index contributed by atoms with van der Waals surface area (Å²) in [6.45, 7) is 11.1. The van der Waals surface area contributed by atoms with Crippen molar-refractivity contribution < 1.29 is 87.1 Å². The highest BCUT2D eigenvalue weighted by molar-refractivity contribution is 5.94. The lowest BCUT2D eigenvalue weighted by Crippen LogP contribution is -2.81. The first kappa shape index (κ1) is 62.0. The highest BCUT2D eigenvalue weighted by Crippen LogP contribution is 2.64. The third-order valence-corrected chi connectivity index (χ3v) is 16.1. The van der Waals surface area contributed by atoms with Gasteiger partial charge in [-0.1, -0.05) is 80.4 Å². The predicted octanol–water partition coefficient (Wildman–Crippen LogP) is 3.72. The molecule has 442 valence electrons. The van der Waals surface area contributed by atoms with E-state index in [0.717, 1.165) is 38.3 Å². The molecule has 6 N–H and O–H groups in total. The van der Waals surface area contributed by atoms with Crippen molar-refractivity contribution in [2.45, 2.75) is 173 Å². The highest BCUT2D eigenvalue weighted by atomic mass is 16.6. The summed E-state index contributed by atoms with van der Waals surface area (Å²) >= 11 is 0. The number of nitrogens with one attached hydrogen (secondary N) is 2. The Morgan fingerprint density at radius 1 is 0.914 bits per heavy atom. The van der Waals surface area contributed by atoms with Gasteiger partial charge < -0.3 is 64.2 Å². The number of amides is 2. The van der Waals surface area contributed by atoms with E-state index < -0.39 is 138 Å². The van der Waals surface area contributed by atoms with E-state index in [2.05, 4.69) is 20.9 Å². The van der Waals surface area contributed by atoms with E-state index in [1.807, 2.05) is 6.20 Å². The number of rotatable bonds is 23. The van der Waals surface area contributed by atoms with E-state index in [9.17, 15) is 39.3 Å². The van der Waals surface area contributed by atoms with Gasteiger partial charge in [0.05, 0.1) is 35.3 Å². The second-order valence-electron chi connectivity index (χ2n) is 23.1. The molecule has 2 saturated carbocycles. The van der Waals surface area contributed by atoms with Gasteiger partial charge in [0.1, 0.15) is 54.9 Å². The Balaban J connectivity index is 1.18. The summed E-state index contributed by atoms with van der Waals surface area (Å²) < 4.78 is 43.3. The topological polar surface area (TPSA) is 320 Å². The lowest BCUT2D eigenvalue weighted by atomic mass is 9.44. The number of aliphatic hydroxyl groups excluding tert-OH is 3. The van der Waals surface area contributed by atoms with Crippen LogP contribution in [-0.2, 0) is 70.1 Å². The molecule has 2 amide bonds. The number of ketones is 1. The van der Waals surface area contributed by atoms with Crippen LogP contribution in [0.3, 0.4) is 0 Å². The van der Waals surface area contributed by atoms with Gasteiger partial charge in [-0.15, -0.1) is 5.10 Å². The van der Waals surface area contributed by atoms with E-state index in [4.69, 9.17) is 38.3 Å². The van der Waals surface area contributed by atoms with Crippen molar-refractivity contribution in [2.24, 2.45) is 16.7 Å². The zero-order valence-corrected chi connectivity index (χ0v) is 47.2. The maximum atomic E-state index is 15.3. The molecule has 0 spiro atoms. The number of aliphatic hydroxyl groups is 4. The van der Waals surface area contributed by atoms with E-state index in [1.165, 1.54) is 39.8 Å². The molecule has 0 radical (unpaired) electrons. The number of carbonyl (C=O) groups excluding carboxylic acids is 7. The van der Waals surface area contributed by atoms with Gasteiger partial charge in [-0.25, -0.2) is 19.2 Å². The first-order chi connectivity index (χ1) is 38.3. The van der Waals surface area contributed by atoms with Gasteiger partial charge in [-0.05, 0) is 89.1 Å². The summed E-state index contributed by atoms with van der Waals surface area (Å²) in [6.07, 6.45) is -5.84. The molecule has 2 bridgehead atoms. The molecule has 23 nitrogen and oxygen atoms in total. The molecule has 23 heteroatoms. The molecule has 0 unspecified atom stereocenters. The third kappa shape index (κ3) is 13.5. The number of aromatic nitrogens is 3. The number of esters is 4. The van der Waals surface area contributed by atoms with Gasteiger partial charge in [0.25, 0.3) is 0 Å². The minimum atomic E-state index is -2.48. The van der Waals surface area contributed by atoms with Crippen LogP contribution in [0.1, 0.15) is 128 Å². The number of unbranched alkanes of at least 4 members (excludes halogenated alkanes) is 3. The number of nitrogens with zero attached hydrogens (tertiary/aromatic N) is 3. The fourth-order valence-electron chi connectivity index (χ4n) is 11.9. The fraction of sp³-hybridized carbons (Fsp3) is 0.603. The normalized spacial score (nSPS) is 27.3. The number of benzene rings is 2. The molecule has 2 heterocycles. The fourth-order valence-corrected chi connectivity index (χ4v) is 11.9. The number of hydrogen-bond donors (Lipinski definition) is 6. The SMILES string of the molecule is CC(=O)O[C@@]12CO[C@@H]1C[C@H](O)[C@@]1(C)C(=O)[C@H](O)C3=C(C)[C@@H](OC(=O)[C@H](OC(=O)COCC(=O)NCCCc4cn(CCCCCCO)nn4)[C@@H](NC(=O)OC(C)(C)C)c4ccccc4)C[C@@](O)([C@@H](OC(=O)c4ccccc4)[C@H]21)C3(C)C. The van der Waals surface area contributed by atoms with Crippen molar-refractivity contribution in [1.82, 2.24) is 25.6 Å². The largest absolute Gasteiger partial charge is 0.455 e. The number of ether oxygens (including phenoxy) is 7. The van der Waals surface area contributed by atoms with Crippen LogP contribution < -0.4 is 10.6 Å². The molecular weight excluding hydrogens is 1050 g/mol. The van der Waals surface area contributed by atoms with Gasteiger partial charge in [0, 0.05) is 51.1 Å². The Hall–Kier alpha value is -6.63. The number of alkyl carbamates (subject to hydrolysis) is 1. The quantitative estimate of drug-likeness (QED) is 0.0341. The summed E-state index contributed by atoms with van der Waals surface area (Å²) in [5, 5.41) is 61.0. The predicted molar refractivity (Wildman–Crippen MR) is 285 cm³/mol. The van der Waals surface area contributed by atoms with Crippen LogP contribution in [0, 0.1) is 16.7 Å². The number of fused-ring (bicyclic) bond motifs is 5. The van der Waals surface area contributed by atoms with Crippen LogP contribution in [0.25, 0.3) is 0 Å². The van der Waals surface area contributed by atoms with Crippen LogP contribution >= 0.6 is 0 Å². The molecule has 3 aliphatic carbocycles.